The van der Waals surface area contributed by atoms with Crippen LogP contribution in [-0.2, 0) is 19.6 Å². The van der Waals surface area contributed by atoms with Crippen molar-refractivity contribution in [1.82, 2.24) is 0 Å². The Hall–Kier alpha value is -1.42. The van der Waals surface area contributed by atoms with Crippen LogP contribution in [0, 0.1) is 0 Å². The minimum atomic E-state index is 0.347. The molecule has 2 N–H and O–H groups in total. The largest absolute Gasteiger partial charge is 0.493 e. The van der Waals surface area contributed by atoms with Crippen molar-refractivity contribution in [3.05, 3.63) is 57.1 Å². The fourth-order valence-corrected chi connectivity index (χ4v) is 2.99. The fourth-order valence-electron chi connectivity index (χ4n) is 2.48. The van der Waals surface area contributed by atoms with Crippen molar-refractivity contribution >= 4 is 23.2 Å². The smallest absolute Gasteiger partial charge is 0.142 e. The van der Waals surface area contributed by atoms with E-state index in [0.29, 0.717) is 35.6 Å². The molecule has 3 nitrogen and oxygen atoms in total. The highest BCUT2D eigenvalue weighted by Gasteiger charge is 2.18. The molecule has 1 heterocycles. The van der Waals surface area contributed by atoms with Crippen molar-refractivity contribution in [2.75, 3.05) is 6.61 Å². The highest BCUT2D eigenvalue weighted by atomic mass is 35.5. The highest BCUT2D eigenvalue weighted by Crippen LogP contribution is 2.35. The molecule has 0 amide bonds. The summed E-state index contributed by atoms with van der Waals surface area (Å²) >= 11 is 12.3. The number of ether oxygens (including phenoxy) is 2. The Morgan fingerprint density at radius 2 is 2.05 bits per heavy atom. The highest BCUT2D eigenvalue weighted by molar-refractivity contribution is 6.32. The van der Waals surface area contributed by atoms with E-state index in [1.807, 2.05) is 24.3 Å². The Bertz CT molecular complexity index is 674. The molecule has 0 saturated heterocycles. The fraction of sp³-hybridized carbons (Fsp3) is 0.250. The van der Waals surface area contributed by atoms with Crippen LogP contribution in [-0.4, -0.2) is 6.61 Å². The zero-order valence-corrected chi connectivity index (χ0v) is 12.9. The van der Waals surface area contributed by atoms with Crippen LogP contribution >= 0.6 is 23.2 Å². The van der Waals surface area contributed by atoms with Gasteiger partial charge in [-0.3, -0.25) is 0 Å². The molecule has 0 atom stereocenters. The maximum absolute atomic E-state index is 6.19. The third-order valence-corrected chi connectivity index (χ3v) is 3.98. The quantitative estimate of drug-likeness (QED) is 0.926. The summed E-state index contributed by atoms with van der Waals surface area (Å²) in [5, 5.41) is 1.24. The number of para-hydroxylation sites is 1. The van der Waals surface area contributed by atoms with Gasteiger partial charge in [-0.2, -0.15) is 0 Å². The van der Waals surface area contributed by atoms with Gasteiger partial charge >= 0.3 is 0 Å². The number of fused-ring (bicyclic) bond motifs is 1. The molecule has 0 unspecified atom stereocenters. The first-order chi connectivity index (χ1) is 10.2. The average molecular weight is 324 g/mol. The minimum Gasteiger partial charge on any atom is -0.493 e. The van der Waals surface area contributed by atoms with Gasteiger partial charge in [0, 0.05) is 29.1 Å². The molecule has 2 aromatic rings. The normalized spacial score (nSPS) is 12.9. The summed E-state index contributed by atoms with van der Waals surface area (Å²) in [5.41, 5.74) is 8.65. The zero-order chi connectivity index (χ0) is 14.8. The van der Waals surface area contributed by atoms with Crippen LogP contribution in [0.4, 0.5) is 0 Å². The molecule has 1 aliphatic rings. The van der Waals surface area contributed by atoms with Crippen LogP contribution in [0.25, 0.3) is 0 Å². The van der Waals surface area contributed by atoms with Crippen LogP contribution in [0.2, 0.25) is 10.0 Å². The molecule has 0 spiro atoms. The number of benzene rings is 2. The van der Waals surface area contributed by atoms with E-state index >= 15 is 0 Å². The zero-order valence-electron chi connectivity index (χ0n) is 11.4. The molecule has 21 heavy (non-hydrogen) atoms. The van der Waals surface area contributed by atoms with Crippen molar-refractivity contribution < 1.29 is 9.47 Å². The first-order valence-electron chi connectivity index (χ1n) is 6.73. The Morgan fingerprint density at radius 1 is 1.19 bits per heavy atom. The molecule has 0 saturated carbocycles. The summed E-state index contributed by atoms with van der Waals surface area (Å²) in [4.78, 5) is 0. The average Bonchev–Trinajstić information content (AvgIpc) is 2.93. The Balaban J connectivity index is 1.86. The van der Waals surface area contributed by atoms with Crippen LogP contribution in [0.1, 0.15) is 16.7 Å². The summed E-state index contributed by atoms with van der Waals surface area (Å²) in [7, 11) is 0. The second-order valence-electron chi connectivity index (χ2n) is 4.87. The molecule has 1 aliphatic heterocycles. The molecule has 0 aromatic heterocycles. The summed E-state index contributed by atoms with van der Waals surface area (Å²) in [6.07, 6.45) is 0.878. The lowest BCUT2D eigenvalue weighted by atomic mass is 10.1. The van der Waals surface area contributed by atoms with E-state index in [2.05, 4.69) is 0 Å². The number of hydrogen-bond donors (Lipinski definition) is 1. The molecule has 3 rings (SSSR count). The lowest BCUT2D eigenvalue weighted by molar-refractivity contribution is 0.289. The molecule has 0 aliphatic carbocycles. The van der Waals surface area contributed by atoms with Gasteiger partial charge in [0.1, 0.15) is 18.1 Å². The van der Waals surface area contributed by atoms with E-state index < -0.39 is 0 Å². The van der Waals surface area contributed by atoms with Crippen molar-refractivity contribution in [1.29, 1.82) is 0 Å². The summed E-state index contributed by atoms with van der Waals surface area (Å²) in [6.45, 7) is 1.41. The predicted octanol–water partition coefficient (Wildman–Crippen LogP) is 3.97. The maximum atomic E-state index is 6.19. The molecule has 0 fully saturated rings. The van der Waals surface area contributed by atoms with Gasteiger partial charge in [0.05, 0.1) is 11.6 Å². The molecule has 110 valence electrons. The van der Waals surface area contributed by atoms with E-state index in [1.165, 1.54) is 0 Å². The van der Waals surface area contributed by atoms with Crippen LogP contribution in [0.3, 0.4) is 0 Å². The Labute approximate surface area is 133 Å². The van der Waals surface area contributed by atoms with Gasteiger partial charge < -0.3 is 15.2 Å². The standard InChI is InChI=1S/C16H15Cl2NO2/c17-13-6-10-4-5-20-15(10)12(7-13)9-21-16-11(8-19)2-1-3-14(16)18/h1-3,6-7H,4-5,8-9,19H2. The van der Waals surface area contributed by atoms with Gasteiger partial charge in [0.15, 0.2) is 0 Å². The van der Waals surface area contributed by atoms with Crippen molar-refractivity contribution in [3.8, 4) is 11.5 Å². The molecule has 0 radical (unpaired) electrons. The third kappa shape index (κ3) is 2.95. The van der Waals surface area contributed by atoms with E-state index in [0.717, 1.165) is 28.9 Å². The van der Waals surface area contributed by atoms with Crippen LogP contribution < -0.4 is 15.2 Å². The number of halogens is 2. The monoisotopic (exact) mass is 323 g/mol. The molecule has 5 heteroatoms. The van der Waals surface area contributed by atoms with Crippen LogP contribution in [0.5, 0.6) is 11.5 Å². The Morgan fingerprint density at radius 3 is 2.86 bits per heavy atom. The van der Waals surface area contributed by atoms with Gasteiger partial charge in [-0.25, -0.2) is 0 Å². The maximum Gasteiger partial charge on any atom is 0.142 e. The van der Waals surface area contributed by atoms with Crippen molar-refractivity contribution in [3.63, 3.8) is 0 Å². The molecular weight excluding hydrogens is 309 g/mol. The first kappa shape index (κ1) is 14.5. The minimum absolute atomic E-state index is 0.347. The van der Waals surface area contributed by atoms with Gasteiger partial charge in [-0.05, 0) is 23.8 Å². The lowest BCUT2D eigenvalue weighted by Gasteiger charge is -2.14. The number of rotatable bonds is 4. The van der Waals surface area contributed by atoms with E-state index in [4.69, 9.17) is 38.4 Å². The topological polar surface area (TPSA) is 44.5 Å². The molecule has 2 aromatic carbocycles. The molecule has 0 bridgehead atoms. The van der Waals surface area contributed by atoms with E-state index in [-0.39, 0.29) is 0 Å². The second-order valence-corrected chi connectivity index (χ2v) is 5.72. The second kappa shape index (κ2) is 6.14. The number of nitrogens with two attached hydrogens (primary N) is 1. The van der Waals surface area contributed by atoms with Crippen LogP contribution in [0.15, 0.2) is 30.3 Å². The Kier molecular flexibility index (Phi) is 4.24. The third-order valence-electron chi connectivity index (χ3n) is 3.47. The lowest BCUT2D eigenvalue weighted by Crippen LogP contribution is -2.04. The first-order valence-corrected chi connectivity index (χ1v) is 7.49. The van der Waals surface area contributed by atoms with Crippen molar-refractivity contribution in [2.45, 2.75) is 19.6 Å². The van der Waals surface area contributed by atoms with Gasteiger partial charge in [-0.15, -0.1) is 0 Å². The SMILES string of the molecule is NCc1cccc(Cl)c1OCc1cc(Cl)cc2c1OCC2. The number of hydrogen-bond acceptors (Lipinski definition) is 3. The van der Waals surface area contributed by atoms with E-state index in [9.17, 15) is 0 Å². The van der Waals surface area contributed by atoms with Gasteiger partial charge in [-0.1, -0.05) is 35.3 Å². The van der Waals surface area contributed by atoms with Gasteiger partial charge in [0.25, 0.3) is 0 Å². The van der Waals surface area contributed by atoms with Crippen molar-refractivity contribution in [2.24, 2.45) is 5.73 Å². The van der Waals surface area contributed by atoms with Gasteiger partial charge in [0.2, 0.25) is 0 Å². The summed E-state index contributed by atoms with van der Waals surface area (Å²) in [5.74, 6) is 1.49. The van der Waals surface area contributed by atoms with E-state index in [1.54, 1.807) is 6.07 Å². The molecular formula is C16H15Cl2NO2. The summed E-state index contributed by atoms with van der Waals surface area (Å²) in [6, 6.07) is 9.35. The predicted molar refractivity (Wildman–Crippen MR) is 84.3 cm³/mol. The summed E-state index contributed by atoms with van der Waals surface area (Å²) < 4.78 is 11.5.